The van der Waals surface area contributed by atoms with Gasteiger partial charge in [0.05, 0.1) is 28.1 Å². The number of amides is 2. The van der Waals surface area contributed by atoms with Gasteiger partial charge in [-0.3, -0.25) is 9.59 Å². The van der Waals surface area contributed by atoms with Gasteiger partial charge in [0.2, 0.25) is 0 Å². The van der Waals surface area contributed by atoms with Crippen LogP contribution >= 0.6 is 23.2 Å². The standard InChI is InChI=1S/C21H15Cl2N3O2/c22-15-11-9-14(10-12-15)13-24-26-21(28)17-6-2-4-8-19(17)25-20(27)16-5-1-3-7-18(16)23/h1-13H,(H,25,27)(H,26,28)/b24-13+. The molecule has 140 valence electrons. The number of anilines is 1. The molecule has 3 rings (SSSR count). The third-order valence-corrected chi connectivity index (χ3v) is 4.37. The molecule has 2 amide bonds. The van der Waals surface area contributed by atoms with Crippen LogP contribution < -0.4 is 10.7 Å². The van der Waals surface area contributed by atoms with Crippen LogP contribution in [0.1, 0.15) is 26.3 Å². The third kappa shape index (κ3) is 4.97. The summed E-state index contributed by atoms with van der Waals surface area (Å²) in [5, 5.41) is 7.59. The summed E-state index contributed by atoms with van der Waals surface area (Å²) in [7, 11) is 0. The van der Waals surface area contributed by atoms with Crippen LogP contribution in [0.3, 0.4) is 0 Å². The molecule has 0 atom stereocenters. The molecule has 0 saturated carbocycles. The lowest BCUT2D eigenvalue weighted by Gasteiger charge is -2.10. The van der Waals surface area contributed by atoms with Crippen molar-refractivity contribution in [3.63, 3.8) is 0 Å². The molecule has 0 heterocycles. The van der Waals surface area contributed by atoms with Crippen molar-refractivity contribution in [1.82, 2.24) is 5.43 Å². The van der Waals surface area contributed by atoms with Crippen molar-refractivity contribution in [3.8, 4) is 0 Å². The van der Waals surface area contributed by atoms with E-state index in [4.69, 9.17) is 23.2 Å². The SMILES string of the molecule is O=C(Nc1ccccc1C(=O)N/N=C/c1ccc(Cl)cc1)c1ccccc1Cl. The van der Waals surface area contributed by atoms with Gasteiger partial charge in [-0.25, -0.2) is 5.43 Å². The van der Waals surface area contributed by atoms with E-state index >= 15 is 0 Å². The fourth-order valence-electron chi connectivity index (χ4n) is 2.40. The van der Waals surface area contributed by atoms with Crippen LogP contribution in [0.25, 0.3) is 0 Å². The molecule has 0 aliphatic rings. The van der Waals surface area contributed by atoms with Gasteiger partial charge < -0.3 is 5.32 Å². The molecule has 28 heavy (non-hydrogen) atoms. The van der Waals surface area contributed by atoms with Crippen molar-refractivity contribution in [2.75, 3.05) is 5.32 Å². The van der Waals surface area contributed by atoms with Crippen LogP contribution in [-0.4, -0.2) is 18.0 Å². The third-order valence-electron chi connectivity index (χ3n) is 3.79. The zero-order valence-electron chi connectivity index (χ0n) is 14.5. The summed E-state index contributed by atoms with van der Waals surface area (Å²) in [6.07, 6.45) is 1.50. The van der Waals surface area contributed by atoms with Gasteiger partial charge in [-0.05, 0) is 42.0 Å². The smallest absolute Gasteiger partial charge is 0.273 e. The Morgan fingerprint density at radius 1 is 0.786 bits per heavy atom. The minimum absolute atomic E-state index is 0.274. The van der Waals surface area contributed by atoms with Crippen LogP contribution in [0.2, 0.25) is 10.0 Å². The number of hydrogen-bond acceptors (Lipinski definition) is 3. The fourth-order valence-corrected chi connectivity index (χ4v) is 2.75. The first-order chi connectivity index (χ1) is 13.5. The molecule has 3 aromatic carbocycles. The number of hydrazone groups is 1. The van der Waals surface area contributed by atoms with Gasteiger partial charge in [0.15, 0.2) is 0 Å². The van der Waals surface area contributed by atoms with E-state index in [0.717, 1.165) is 5.56 Å². The molecule has 0 saturated heterocycles. The second-order valence-electron chi connectivity index (χ2n) is 5.73. The lowest BCUT2D eigenvalue weighted by Crippen LogP contribution is -2.21. The van der Waals surface area contributed by atoms with E-state index in [1.54, 1.807) is 72.8 Å². The summed E-state index contributed by atoms with van der Waals surface area (Å²) in [4.78, 5) is 24.9. The highest BCUT2D eigenvalue weighted by atomic mass is 35.5. The summed E-state index contributed by atoms with van der Waals surface area (Å²) >= 11 is 11.9. The Hall–Kier alpha value is -3.15. The minimum Gasteiger partial charge on any atom is -0.321 e. The molecule has 0 fully saturated rings. The van der Waals surface area contributed by atoms with E-state index in [0.29, 0.717) is 21.3 Å². The highest BCUT2D eigenvalue weighted by Gasteiger charge is 2.15. The fraction of sp³-hybridized carbons (Fsp3) is 0. The topological polar surface area (TPSA) is 70.6 Å². The molecule has 3 aromatic rings. The van der Waals surface area contributed by atoms with Gasteiger partial charge in [0.25, 0.3) is 11.8 Å². The van der Waals surface area contributed by atoms with Crippen molar-refractivity contribution >= 4 is 46.9 Å². The first-order valence-electron chi connectivity index (χ1n) is 8.28. The van der Waals surface area contributed by atoms with E-state index in [1.165, 1.54) is 6.21 Å². The van der Waals surface area contributed by atoms with Crippen molar-refractivity contribution < 1.29 is 9.59 Å². The summed E-state index contributed by atoms with van der Waals surface area (Å²) in [6.45, 7) is 0. The summed E-state index contributed by atoms with van der Waals surface area (Å²) in [5.41, 5.74) is 4.18. The molecule has 5 nitrogen and oxygen atoms in total. The zero-order chi connectivity index (χ0) is 19.9. The van der Waals surface area contributed by atoms with Gasteiger partial charge >= 0.3 is 0 Å². The lowest BCUT2D eigenvalue weighted by atomic mass is 10.1. The first-order valence-corrected chi connectivity index (χ1v) is 9.04. The first kappa shape index (κ1) is 19.6. The number of carbonyl (C=O) groups excluding carboxylic acids is 2. The monoisotopic (exact) mass is 411 g/mol. The predicted octanol–water partition coefficient (Wildman–Crippen LogP) is 5.01. The normalized spacial score (nSPS) is 10.6. The Kier molecular flexibility index (Phi) is 6.42. The Bertz CT molecular complexity index is 1030. The summed E-state index contributed by atoms with van der Waals surface area (Å²) in [5.74, 6) is -0.865. The van der Waals surface area contributed by atoms with Crippen molar-refractivity contribution in [2.24, 2.45) is 5.10 Å². The molecule has 2 N–H and O–H groups in total. The second kappa shape index (κ2) is 9.17. The molecular formula is C21H15Cl2N3O2. The Balaban J connectivity index is 1.72. The van der Waals surface area contributed by atoms with Gasteiger partial charge in [0.1, 0.15) is 0 Å². The van der Waals surface area contributed by atoms with E-state index in [1.807, 2.05) is 0 Å². The number of nitrogens with zero attached hydrogens (tertiary/aromatic N) is 1. The molecule has 0 radical (unpaired) electrons. The maximum absolute atomic E-state index is 12.5. The number of hydrogen-bond donors (Lipinski definition) is 2. The van der Waals surface area contributed by atoms with Gasteiger partial charge in [-0.15, -0.1) is 0 Å². The van der Waals surface area contributed by atoms with E-state index in [2.05, 4.69) is 15.8 Å². The molecule has 0 bridgehead atoms. The average Bonchev–Trinajstić information content (AvgIpc) is 2.70. The number of nitrogens with one attached hydrogen (secondary N) is 2. The Labute approximate surface area is 172 Å². The number of carbonyl (C=O) groups is 2. The lowest BCUT2D eigenvalue weighted by molar-refractivity contribution is 0.0956. The zero-order valence-corrected chi connectivity index (χ0v) is 16.0. The number of para-hydroxylation sites is 1. The number of benzene rings is 3. The summed E-state index contributed by atoms with van der Waals surface area (Å²) < 4.78 is 0. The van der Waals surface area contributed by atoms with Crippen molar-refractivity contribution in [3.05, 3.63) is 99.5 Å². The summed E-state index contributed by atoms with van der Waals surface area (Å²) in [6, 6.07) is 20.3. The maximum atomic E-state index is 12.5. The van der Waals surface area contributed by atoms with Crippen LogP contribution in [0, 0.1) is 0 Å². The molecule has 0 aliphatic heterocycles. The Morgan fingerprint density at radius 3 is 2.14 bits per heavy atom. The van der Waals surface area contributed by atoms with Crippen LogP contribution in [0.15, 0.2) is 77.9 Å². The molecule has 0 unspecified atom stereocenters. The van der Waals surface area contributed by atoms with Gasteiger partial charge in [-0.2, -0.15) is 5.10 Å². The molecule has 0 aliphatic carbocycles. The van der Waals surface area contributed by atoms with E-state index < -0.39 is 11.8 Å². The average molecular weight is 412 g/mol. The number of halogens is 2. The van der Waals surface area contributed by atoms with Crippen molar-refractivity contribution in [2.45, 2.75) is 0 Å². The quantitative estimate of drug-likeness (QED) is 0.457. The van der Waals surface area contributed by atoms with E-state index in [-0.39, 0.29) is 5.56 Å². The van der Waals surface area contributed by atoms with Crippen LogP contribution in [-0.2, 0) is 0 Å². The van der Waals surface area contributed by atoms with Crippen LogP contribution in [0.5, 0.6) is 0 Å². The molecule has 7 heteroatoms. The maximum Gasteiger partial charge on any atom is 0.273 e. The molecule has 0 spiro atoms. The highest BCUT2D eigenvalue weighted by molar-refractivity contribution is 6.34. The highest BCUT2D eigenvalue weighted by Crippen LogP contribution is 2.20. The number of rotatable bonds is 5. The second-order valence-corrected chi connectivity index (χ2v) is 6.57. The largest absolute Gasteiger partial charge is 0.321 e. The van der Waals surface area contributed by atoms with Gasteiger partial charge in [-0.1, -0.05) is 59.6 Å². The predicted molar refractivity (Wildman–Crippen MR) is 112 cm³/mol. The molecular weight excluding hydrogens is 397 g/mol. The molecule has 0 aromatic heterocycles. The van der Waals surface area contributed by atoms with Crippen molar-refractivity contribution in [1.29, 1.82) is 0 Å². The van der Waals surface area contributed by atoms with E-state index in [9.17, 15) is 9.59 Å². The van der Waals surface area contributed by atoms with Crippen LogP contribution in [0.4, 0.5) is 5.69 Å². The Morgan fingerprint density at radius 2 is 1.43 bits per heavy atom. The van der Waals surface area contributed by atoms with Gasteiger partial charge in [0, 0.05) is 5.02 Å². The minimum atomic E-state index is -0.458.